The minimum Gasteiger partial charge on any atom is -0.357 e. The van der Waals surface area contributed by atoms with E-state index in [1.807, 2.05) is 18.4 Å². The summed E-state index contributed by atoms with van der Waals surface area (Å²) in [6.07, 6.45) is 5.65. The highest BCUT2D eigenvalue weighted by molar-refractivity contribution is 7.11. The average Bonchev–Trinajstić information content (AvgIpc) is 3.14. The normalized spacial score (nSPS) is 11.7. The second-order valence-electron chi connectivity index (χ2n) is 5.27. The van der Waals surface area contributed by atoms with Gasteiger partial charge in [0.05, 0.1) is 17.2 Å². The molecule has 8 heteroatoms. The number of aromatic nitrogens is 4. The van der Waals surface area contributed by atoms with E-state index in [9.17, 15) is 0 Å². The van der Waals surface area contributed by atoms with Crippen LogP contribution in [0.15, 0.2) is 17.6 Å². The number of nitrogens with zero attached hydrogens (tertiary/aromatic N) is 5. The predicted molar refractivity (Wildman–Crippen MR) is 93.7 cm³/mol. The largest absolute Gasteiger partial charge is 0.357 e. The summed E-state index contributed by atoms with van der Waals surface area (Å²) in [5, 5.41) is 15.4. The first-order chi connectivity index (χ1) is 11.2. The van der Waals surface area contributed by atoms with E-state index in [0.717, 1.165) is 49.1 Å². The number of aryl methyl sites for hydroxylation is 3. The first-order valence-electron chi connectivity index (χ1n) is 7.96. The zero-order valence-corrected chi connectivity index (χ0v) is 14.9. The van der Waals surface area contributed by atoms with Crippen molar-refractivity contribution in [3.8, 4) is 0 Å². The lowest BCUT2D eigenvalue weighted by atomic mass is 10.3. The molecule has 2 N–H and O–H groups in total. The molecule has 0 unspecified atom stereocenters. The Morgan fingerprint density at radius 1 is 1.22 bits per heavy atom. The summed E-state index contributed by atoms with van der Waals surface area (Å²) in [6.45, 7) is 9.52. The van der Waals surface area contributed by atoms with Gasteiger partial charge in [0.1, 0.15) is 12.7 Å². The molecule has 2 aromatic heterocycles. The highest BCUT2D eigenvalue weighted by Gasteiger charge is 2.04. The number of rotatable bonds is 8. The van der Waals surface area contributed by atoms with Gasteiger partial charge < -0.3 is 15.2 Å². The molecule has 0 atom stereocenters. The second-order valence-corrected chi connectivity index (χ2v) is 6.56. The Morgan fingerprint density at radius 2 is 2.00 bits per heavy atom. The maximum absolute atomic E-state index is 4.65. The maximum atomic E-state index is 4.65. The van der Waals surface area contributed by atoms with Gasteiger partial charge in [0, 0.05) is 24.5 Å². The fraction of sp³-hybridized carbons (Fsp3) is 0.600. The van der Waals surface area contributed by atoms with E-state index in [1.54, 1.807) is 24.0 Å². The van der Waals surface area contributed by atoms with Gasteiger partial charge in [-0.05, 0) is 33.6 Å². The van der Waals surface area contributed by atoms with Crippen LogP contribution in [0.1, 0.15) is 35.3 Å². The molecule has 126 valence electrons. The van der Waals surface area contributed by atoms with Crippen molar-refractivity contribution in [2.24, 2.45) is 4.99 Å². The van der Waals surface area contributed by atoms with Crippen LogP contribution in [0.5, 0.6) is 0 Å². The van der Waals surface area contributed by atoms with Gasteiger partial charge in [-0.3, -0.25) is 0 Å². The Hall–Kier alpha value is -1.96. The van der Waals surface area contributed by atoms with E-state index in [2.05, 4.69) is 37.7 Å². The molecular formula is C15H25N7S. The molecule has 0 aliphatic rings. The summed E-state index contributed by atoms with van der Waals surface area (Å²) in [7, 11) is 0. The molecule has 0 aliphatic carbocycles. The van der Waals surface area contributed by atoms with Crippen molar-refractivity contribution in [1.29, 1.82) is 0 Å². The molecule has 2 aromatic rings. The first kappa shape index (κ1) is 17.4. The third-order valence-electron chi connectivity index (χ3n) is 3.33. The van der Waals surface area contributed by atoms with Crippen molar-refractivity contribution in [3.63, 3.8) is 0 Å². The molecule has 0 amide bonds. The molecule has 0 bridgehead atoms. The number of nitrogens with one attached hydrogen (secondary N) is 2. The van der Waals surface area contributed by atoms with Crippen LogP contribution in [0.3, 0.4) is 0 Å². The number of guanidine groups is 1. The van der Waals surface area contributed by atoms with Crippen LogP contribution in [-0.4, -0.2) is 38.8 Å². The summed E-state index contributed by atoms with van der Waals surface area (Å²) in [6, 6.07) is 0. The van der Waals surface area contributed by atoms with Gasteiger partial charge in [-0.15, -0.1) is 21.5 Å². The van der Waals surface area contributed by atoms with Gasteiger partial charge in [0.25, 0.3) is 0 Å². The van der Waals surface area contributed by atoms with Gasteiger partial charge in [-0.25, -0.2) is 9.98 Å². The van der Waals surface area contributed by atoms with Gasteiger partial charge in [0.15, 0.2) is 5.96 Å². The molecule has 2 rings (SSSR count). The molecule has 2 heterocycles. The van der Waals surface area contributed by atoms with Crippen molar-refractivity contribution in [2.75, 3.05) is 13.1 Å². The van der Waals surface area contributed by atoms with Gasteiger partial charge in [-0.1, -0.05) is 0 Å². The number of hydrogen-bond acceptors (Lipinski definition) is 5. The summed E-state index contributed by atoms with van der Waals surface area (Å²) >= 11 is 1.72. The summed E-state index contributed by atoms with van der Waals surface area (Å²) in [4.78, 5) is 10.3. The molecule has 0 saturated carbocycles. The fourth-order valence-corrected chi connectivity index (χ4v) is 3.04. The van der Waals surface area contributed by atoms with Crippen molar-refractivity contribution < 1.29 is 0 Å². The van der Waals surface area contributed by atoms with Crippen LogP contribution in [0.4, 0.5) is 0 Å². The van der Waals surface area contributed by atoms with E-state index in [-0.39, 0.29) is 0 Å². The summed E-state index contributed by atoms with van der Waals surface area (Å²) < 4.78 is 1.99. The Kier molecular flexibility index (Phi) is 6.99. The third kappa shape index (κ3) is 5.97. The number of unbranched alkanes of at least 4 members (excludes halogenated alkanes) is 1. The smallest absolute Gasteiger partial charge is 0.191 e. The zero-order chi connectivity index (χ0) is 16.5. The van der Waals surface area contributed by atoms with Crippen molar-refractivity contribution in [3.05, 3.63) is 28.2 Å². The highest BCUT2D eigenvalue weighted by atomic mass is 32.1. The molecule has 23 heavy (non-hydrogen) atoms. The van der Waals surface area contributed by atoms with Crippen molar-refractivity contribution >= 4 is 17.3 Å². The van der Waals surface area contributed by atoms with Crippen molar-refractivity contribution in [2.45, 2.75) is 46.7 Å². The number of thiazole rings is 1. The second kappa shape index (κ2) is 9.24. The molecule has 0 radical (unpaired) electrons. The fourth-order valence-electron chi connectivity index (χ4n) is 2.18. The average molecular weight is 335 g/mol. The highest BCUT2D eigenvalue weighted by Crippen LogP contribution is 2.17. The van der Waals surface area contributed by atoms with Crippen LogP contribution in [0, 0.1) is 13.8 Å². The van der Waals surface area contributed by atoms with Gasteiger partial charge >= 0.3 is 0 Å². The predicted octanol–water partition coefficient (Wildman–Crippen LogP) is 1.89. The van der Waals surface area contributed by atoms with E-state index in [0.29, 0.717) is 6.54 Å². The maximum Gasteiger partial charge on any atom is 0.191 e. The molecule has 0 spiro atoms. The van der Waals surface area contributed by atoms with Gasteiger partial charge in [0.2, 0.25) is 0 Å². The van der Waals surface area contributed by atoms with Crippen LogP contribution in [0.2, 0.25) is 0 Å². The van der Waals surface area contributed by atoms with E-state index in [4.69, 9.17) is 0 Å². The minimum absolute atomic E-state index is 0.674. The molecule has 0 aromatic carbocycles. The van der Waals surface area contributed by atoms with Crippen molar-refractivity contribution in [1.82, 2.24) is 30.4 Å². The minimum atomic E-state index is 0.674. The molecule has 7 nitrogen and oxygen atoms in total. The Balaban J connectivity index is 1.74. The lowest BCUT2D eigenvalue weighted by Crippen LogP contribution is -2.37. The van der Waals surface area contributed by atoms with E-state index < -0.39 is 0 Å². The van der Waals surface area contributed by atoms with Crippen LogP contribution >= 0.6 is 11.3 Å². The molecule has 0 aliphatic heterocycles. The first-order valence-corrected chi connectivity index (χ1v) is 8.78. The Bertz CT molecular complexity index is 603. The summed E-state index contributed by atoms with van der Waals surface area (Å²) in [5.74, 6) is 0.863. The third-order valence-corrected chi connectivity index (χ3v) is 4.38. The molecular weight excluding hydrogens is 310 g/mol. The lowest BCUT2D eigenvalue weighted by molar-refractivity contribution is 0.598. The molecule has 0 saturated heterocycles. The van der Waals surface area contributed by atoms with E-state index >= 15 is 0 Å². The van der Waals surface area contributed by atoms with Gasteiger partial charge in [-0.2, -0.15) is 0 Å². The van der Waals surface area contributed by atoms with E-state index in [1.165, 1.54) is 4.88 Å². The number of hydrogen-bond donors (Lipinski definition) is 2. The SMILES string of the molecule is CCNC(=NCc1sc(C)nc1C)NCCCCn1cnnc1. The Labute approximate surface area is 141 Å². The monoisotopic (exact) mass is 335 g/mol. The Morgan fingerprint density at radius 3 is 2.65 bits per heavy atom. The lowest BCUT2D eigenvalue weighted by Gasteiger charge is -2.11. The van der Waals surface area contributed by atoms with Crippen LogP contribution < -0.4 is 10.6 Å². The zero-order valence-electron chi connectivity index (χ0n) is 14.0. The topological polar surface area (TPSA) is 80.0 Å². The quantitative estimate of drug-likeness (QED) is 0.437. The summed E-state index contributed by atoms with van der Waals surface area (Å²) in [5.41, 5.74) is 1.08. The molecule has 0 fully saturated rings. The standard InChI is InChI=1S/C15H25N7S/c1-4-16-15(18-9-14-12(2)21-13(3)23-14)17-7-5-6-8-22-10-19-20-11-22/h10-11H,4-9H2,1-3H3,(H2,16,17,18). The van der Waals surface area contributed by atoms with Crippen LogP contribution in [-0.2, 0) is 13.1 Å². The van der Waals surface area contributed by atoms with Crippen LogP contribution in [0.25, 0.3) is 0 Å². The number of aliphatic imine (C=N–C) groups is 1.